The van der Waals surface area contributed by atoms with Gasteiger partial charge in [-0.1, -0.05) is 6.42 Å². The molecule has 3 heteroatoms. The summed E-state index contributed by atoms with van der Waals surface area (Å²) in [4.78, 5) is 3.86. The average molecular weight is 238 g/mol. The molecular weight excluding hydrogens is 216 g/mol. The van der Waals surface area contributed by atoms with E-state index < -0.39 is 0 Å². The quantitative estimate of drug-likeness (QED) is 0.874. The second-order valence-corrected chi connectivity index (χ2v) is 6.20. The van der Waals surface area contributed by atoms with Crippen LogP contribution in [0.15, 0.2) is 11.4 Å². The third kappa shape index (κ3) is 1.81. The molecule has 1 aromatic rings. The topological polar surface area (TPSA) is 29.3 Å². The molecule has 0 bridgehead atoms. The number of aryl methyl sites for hydroxylation is 1. The molecule has 0 saturated heterocycles. The molecule has 90 valence electrons. The lowest BCUT2D eigenvalue weighted by molar-refractivity contribution is 0.0299. The van der Waals surface area contributed by atoms with E-state index in [0.717, 1.165) is 6.54 Å². The first kappa shape index (κ1) is 12.1. The van der Waals surface area contributed by atoms with Crippen LogP contribution in [-0.4, -0.2) is 25.5 Å². The lowest BCUT2D eigenvalue weighted by Crippen LogP contribution is -2.47. The molecule has 2 nitrogen and oxygen atoms in total. The van der Waals surface area contributed by atoms with Crippen molar-refractivity contribution in [3.8, 4) is 0 Å². The Bertz CT molecular complexity index is 347. The molecule has 16 heavy (non-hydrogen) atoms. The highest BCUT2D eigenvalue weighted by Gasteiger charge is 2.45. The summed E-state index contributed by atoms with van der Waals surface area (Å²) in [6.07, 6.45) is 3.90. The second kappa shape index (κ2) is 4.47. The summed E-state index contributed by atoms with van der Waals surface area (Å²) in [5.74, 6) is 0. The predicted molar refractivity (Wildman–Crippen MR) is 70.8 cm³/mol. The summed E-state index contributed by atoms with van der Waals surface area (Å²) >= 11 is 1.88. The fraction of sp³-hybridized carbons (Fsp3) is 0.692. The molecule has 1 heterocycles. The normalized spacial score (nSPS) is 20.8. The molecule has 0 aromatic carbocycles. The minimum absolute atomic E-state index is 0.332. The van der Waals surface area contributed by atoms with Crippen molar-refractivity contribution in [3.63, 3.8) is 0 Å². The molecule has 1 aliphatic rings. The summed E-state index contributed by atoms with van der Waals surface area (Å²) in [5, 5.41) is 2.20. The van der Waals surface area contributed by atoms with Crippen LogP contribution in [0.3, 0.4) is 0 Å². The minimum atomic E-state index is 0.332. The predicted octanol–water partition coefficient (Wildman–Crippen LogP) is 2.79. The van der Waals surface area contributed by atoms with E-state index in [2.05, 4.69) is 37.4 Å². The average Bonchev–Trinajstić information content (AvgIpc) is 2.57. The monoisotopic (exact) mass is 238 g/mol. The maximum atomic E-state index is 6.04. The minimum Gasteiger partial charge on any atom is -0.330 e. The van der Waals surface area contributed by atoms with E-state index in [9.17, 15) is 0 Å². The van der Waals surface area contributed by atoms with Crippen molar-refractivity contribution in [1.82, 2.24) is 4.90 Å². The molecular formula is C13H22N2S. The van der Waals surface area contributed by atoms with Crippen LogP contribution in [0.2, 0.25) is 0 Å². The highest BCUT2D eigenvalue weighted by atomic mass is 32.1. The van der Waals surface area contributed by atoms with E-state index in [1.165, 1.54) is 29.7 Å². The van der Waals surface area contributed by atoms with Gasteiger partial charge in [-0.3, -0.25) is 0 Å². The van der Waals surface area contributed by atoms with Gasteiger partial charge in [-0.25, -0.2) is 0 Å². The summed E-state index contributed by atoms with van der Waals surface area (Å²) in [6.45, 7) is 3.03. The van der Waals surface area contributed by atoms with Crippen LogP contribution in [0.4, 0.5) is 0 Å². The van der Waals surface area contributed by atoms with E-state index in [1.54, 1.807) is 0 Å². The first-order valence-electron chi connectivity index (χ1n) is 6.01. The first-order valence-corrected chi connectivity index (χ1v) is 6.89. The van der Waals surface area contributed by atoms with Crippen LogP contribution in [0.5, 0.6) is 0 Å². The van der Waals surface area contributed by atoms with Crippen LogP contribution in [0, 0.1) is 12.3 Å². The van der Waals surface area contributed by atoms with Gasteiger partial charge in [-0.05, 0) is 57.4 Å². The summed E-state index contributed by atoms with van der Waals surface area (Å²) in [5.41, 5.74) is 7.79. The van der Waals surface area contributed by atoms with E-state index >= 15 is 0 Å². The Kier molecular flexibility index (Phi) is 3.38. The molecule has 1 aliphatic carbocycles. The number of hydrogen-bond donors (Lipinski definition) is 1. The zero-order chi connectivity index (χ0) is 11.8. The Morgan fingerprint density at radius 1 is 1.50 bits per heavy atom. The largest absolute Gasteiger partial charge is 0.330 e. The summed E-state index contributed by atoms with van der Waals surface area (Å²) < 4.78 is 0. The summed E-state index contributed by atoms with van der Waals surface area (Å²) in [7, 11) is 4.36. The number of rotatable bonds is 4. The van der Waals surface area contributed by atoms with Gasteiger partial charge < -0.3 is 10.6 Å². The van der Waals surface area contributed by atoms with Crippen molar-refractivity contribution in [3.05, 3.63) is 21.9 Å². The van der Waals surface area contributed by atoms with Gasteiger partial charge in [-0.15, -0.1) is 11.3 Å². The number of thiophene rings is 1. The Labute approximate surface area is 102 Å². The maximum absolute atomic E-state index is 6.04. The molecule has 2 rings (SSSR count). The van der Waals surface area contributed by atoms with Crippen molar-refractivity contribution < 1.29 is 0 Å². The number of nitrogens with two attached hydrogens (primary N) is 1. The van der Waals surface area contributed by atoms with Gasteiger partial charge in [0.1, 0.15) is 0 Å². The van der Waals surface area contributed by atoms with Gasteiger partial charge in [0.05, 0.1) is 6.04 Å². The highest BCUT2D eigenvalue weighted by Crippen LogP contribution is 2.52. The van der Waals surface area contributed by atoms with Gasteiger partial charge in [0.15, 0.2) is 0 Å². The zero-order valence-corrected chi connectivity index (χ0v) is 11.3. The molecule has 1 aromatic heterocycles. The fourth-order valence-corrected chi connectivity index (χ4v) is 4.21. The third-order valence-corrected chi connectivity index (χ3v) is 5.07. The van der Waals surface area contributed by atoms with Crippen LogP contribution >= 0.6 is 11.3 Å². The van der Waals surface area contributed by atoms with Crippen molar-refractivity contribution >= 4 is 11.3 Å². The highest BCUT2D eigenvalue weighted by molar-refractivity contribution is 7.10. The van der Waals surface area contributed by atoms with E-state index in [4.69, 9.17) is 5.73 Å². The Hall–Kier alpha value is -0.380. The van der Waals surface area contributed by atoms with Crippen molar-refractivity contribution in [2.24, 2.45) is 11.1 Å². The van der Waals surface area contributed by atoms with E-state index in [-0.39, 0.29) is 0 Å². The van der Waals surface area contributed by atoms with E-state index in [0.29, 0.717) is 11.5 Å². The first-order chi connectivity index (χ1) is 7.60. The lowest BCUT2D eigenvalue weighted by atomic mass is 9.63. The molecule has 0 spiro atoms. The van der Waals surface area contributed by atoms with Crippen LogP contribution < -0.4 is 5.73 Å². The van der Waals surface area contributed by atoms with Crippen molar-refractivity contribution in [2.75, 3.05) is 20.6 Å². The fourth-order valence-electron chi connectivity index (χ4n) is 2.94. The molecule has 0 aliphatic heterocycles. The summed E-state index contributed by atoms with van der Waals surface area (Å²) in [6, 6.07) is 2.73. The zero-order valence-electron chi connectivity index (χ0n) is 10.5. The molecule has 1 saturated carbocycles. The standard InChI is InChI=1S/C13H22N2S/c1-10-5-8-16-11(10)12(15(2)3)13(9-14)6-4-7-13/h5,8,12H,4,6-7,9,14H2,1-3H3. The van der Waals surface area contributed by atoms with Gasteiger partial charge >= 0.3 is 0 Å². The molecule has 0 radical (unpaired) electrons. The smallest absolute Gasteiger partial charge is 0.0506 e. The lowest BCUT2D eigenvalue weighted by Gasteiger charge is -2.49. The SMILES string of the molecule is Cc1ccsc1C(N(C)C)C1(CN)CCC1. The van der Waals surface area contributed by atoms with Gasteiger partial charge in [0, 0.05) is 10.3 Å². The van der Waals surface area contributed by atoms with Gasteiger partial charge in [0.25, 0.3) is 0 Å². The number of nitrogens with zero attached hydrogens (tertiary/aromatic N) is 1. The molecule has 1 fully saturated rings. The van der Waals surface area contributed by atoms with Crippen LogP contribution in [0.25, 0.3) is 0 Å². The second-order valence-electron chi connectivity index (χ2n) is 5.25. The number of hydrogen-bond acceptors (Lipinski definition) is 3. The molecule has 1 atom stereocenters. The maximum Gasteiger partial charge on any atom is 0.0506 e. The molecule has 0 amide bonds. The van der Waals surface area contributed by atoms with Crippen LogP contribution in [0.1, 0.15) is 35.7 Å². The Balaban J connectivity index is 2.34. The van der Waals surface area contributed by atoms with Crippen molar-refractivity contribution in [1.29, 1.82) is 0 Å². The van der Waals surface area contributed by atoms with Crippen LogP contribution in [-0.2, 0) is 0 Å². The molecule has 1 unspecified atom stereocenters. The Morgan fingerprint density at radius 3 is 2.50 bits per heavy atom. The van der Waals surface area contributed by atoms with Gasteiger partial charge in [-0.2, -0.15) is 0 Å². The molecule has 2 N–H and O–H groups in total. The van der Waals surface area contributed by atoms with Crippen molar-refractivity contribution in [2.45, 2.75) is 32.2 Å². The van der Waals surface area contributed by atoms with Gasteiger partial charge in [0.2, 0.25) is 0 Å². The Morgan fingerprint density at radius 2 is 2.19 bits per heavy atom. The van der Waals surface area contributed by atoms with E-state index in [1.807, 2.05) is 11.3 Å². The third-order valence-electron chi connectivity index (χ3n) is 4.00.